The first kappa shape index (κ1) is 21.3. The molecule has 0 saturated heterocycles. The summed E-state index contributed by atoms with van der Waals surface area (Å²) in [5.74, 6) is 0.670. The van der Waals surface area contributed by atoms with E-state index >= 15 is 0 Å². The van der Waals surface area contributed by atoms with E-state index in [0.717, 1.165) is 13.0 Å². The normalized spacial score (nSPS) is 11.4. The Labute approximate surface area is 135 Å². The van der Waals surface area contributed by atoms with E-state index in [1.165, 1.54) is 0 Å². The number of rotatable bonds is 15. The molecular weight excluding hydrogens is 284 g/mol. The van der Waals surface area contributed by atoms with Crippen molar-refractivity contribution in [3.05, 3.63) is 0 Å². The van der Waals surface area contributed by atoms with Crippen LogP contribution in [0.5, 0.6) is 0 Å². The van der Waals surface area contributed by atoms with Crippen molar-refractivity contribution < 1.29 is 19.0 Å². The van der Waals surface area contributed by atoms with Gasteiger partial charge >= 0.3 is 0 Å². The largest absolute Gasteiger partial charge is 0.379 e. The lowest BCUT2D eigenvalue weighted by molar-refractivity contribution is -0.120. The molecule has 0 saturated carbocycles. The van der Waals surface area contributed by atoms with E-state index in [1.807, 2.05) is 13.8 Å². The molecule has 2 N–H and O–H groups in total. The van der Waals surface area contributed by atoms with Crippen LogP contribution in [-0.4, -0.2) is 64.7 Å². The summed E-state index contributed by atoms with van der Waals surface area (Å²) < 4.78 is 16.2. The fraction of sp³-hybridized carbons (Fsp3) is 0.938. The number of hydrogen-bond donors (Lipinski definition) is 2. The van der Waals surface area contributed by atoms with Gasteiger partial charge in [0.2, 0.25) is 5.91 Å². The minimum absolute atomic E-state index is 0.00732. The second-order valence-electron chi connectivity index (χ2n) is 5.91. The zero-order chi connectivity index (χ0) is 16.6. The van der Waals surface area contributed by atoms with E-state index in [-0.39, 0.29) is 5.91 Å². The van der Waals surface area contributed by atoms with Crippen molar-refractivity contribution in [1.29, 1.82) is 0 Å². The first-order valence-electron chi connectivity index (χ1n) is 8.25. The lowest BCUT2D eigenvalue weighted by Gasteiger charge is -2.09. The van der Waals surface area contributed by atoms with E-state index in [0.29, 0.717) is 58.1 Å². The number of carbonyl (C=O) groups is 1. The average molecular weight is 318 g/mol. The molecule has 0 aliphatic carbocycles. The lowest BCUT2D eigenvalue weighted by Crippen LogP contribution is -2.38. The molecule has 1 amide bonds. The fourth-order valence-corrected chi connectivity index (χ4v) is 1.48. The van der Waals surface area contributed by atoms with Crippen LogP contribution in [0.2, 0.25) is 0 Å². The monoisotopic (exact) mass is 318 g/mol. The molecule has 0 heterocycles. The molecule has 0 unspecified atom stereocenters. The first-order chi connectivity index (χ1) is 10.5. The Morgan fingerprint density at radius 3 is 1.95 bits per heavy atom. The van der Waals surface area contributed by atoms with Crippen LogP contribution in [0.25, 0.3) is 0 Å². The molecule has 0 spiro atoms. The highest BCUT2D eigenvalue weighted by atomic mass is 16.5. The first-order valence-corrected chi connectivity index (χ1v) is 8.25. The van der Waals surface area contributed by atoms with Crippen molar-refractivity contribution in [2.45, 2.75) is 40.2 Å². The molecular formula is C16H34N2O4. The molecule has 0 aromatic heterocycles. The summed E-state index contributed by atoms with van der Waals surface area (Å²) in [6, 6.07) is 0.313. The molecule has 0 atom stereocenters. The molecule has 0 aromatic carbocycles. The zero-order valence-corrected chi connectivity index (χ0v) is 14.7. The van der Waals surface area contributed by atoms with Crippen LogP contribution in [0.15, 0.2) is 0 Å². The van der Waals surface area contributed by atoms with Crippen molar-refractivity contribution in [2.75, 3.05) is 52.7 Å². The van der Waals surface area contributed by atoms with Gasteiger partial charge in [0.1, 0.15) is 0 Å². The Kier molecular flexibility index (Phi) is 14.7. The number of carbonyl (C=O) groups excluding carboxylic acids is 1. The summed E-state index contributed by atoms with van der Waals surface area (Å²) in [7, 11) is 0. The van der Waals surface area contributed by atoms with Gasteiger partial charge < -0.3 is 24.8 Å². The smallest absolute Gasteiger partial charge is 0.234 e. The standard InChI is InChI=1S/C16H34N2O4/c1-14(2)5-7-20-9-11-22-12-10-21-8-6-17-16(19)13-18-15(3)4/h14-15,18H,5-13H2,1-4H3,(H,17,19). The van der Waals surface area contributed by atoms with E-state index in [1.54, 1.807) is 0 Å². The number of ether oxygens (including phenoxy) is 3. The minimum atomic E-state index is -0.00732. The van der Waals surface area contributed by atoms with Gasteiger partial charge in [0.15, 0.2) is 0 Å². The lowest BCUT2D eigenvalue weighted by atomic mass is 10.1. The zero-order valence-electron chi connectivity index (χ0n) is 14.7. The van der Waals surface area contributed by atoms with Crippen molar-refractivity contribution in [3.63, 3.8) is 0 Å². The van der Waals surface area contributed by atoms with Crippen molar-refractivity contribution in [3.8, 4) is 0 Å². The van der Waals surface area contributed by atoms with Gasteiger partial charge in [-0.3, -0.25) is 4.79 Å². The van der Waals surface area contributed by atoms with E-state index in [9.17, 15) is 4.79 Å². The van der Waals surface area contributed by atoms with Crippen LogP contribution < -0.4 is 10.6 Å². The van der Waals surface area contributed by atoms with Crippen molar-refractivity contribution >= 4 is 5.91 Å². The van der Waals surface area contributed by atoms with E-state index in [2.05, 4.69) is 24.5 Å². The average Bonchev–Trinajstić information content (AvgIpc) is 2.45. The molecule has 0 aromatic rings. The van der Waals surface area contributed by atoms with Gasteiger partial charge in [-0.25, -0.2) is 0 Å². The van der Waals surface area contributed by atoms with Gasteiger partial charge in [-0.15, -0.1) is 0 Å². The molecule has 0 aliphatic heterocycles. The SMILES string of the molecule is CC(C)CCOCCOCCOCCNC(=O)CNC(C)C. The number of amides is 1. The Morgan fingerprint density at radius 2 is 1.41 bits per heavy atom. The molecule has 0 fully saturated rings. The molecule has 6 heteroatoms. The molecule has 132 valence electrons. The predicted molar refractivity (Wildman–Crippen MR) is 88.1 cm³/mol. The highest BCUT2D eigenvalue weighted by Gasteiger charge is 2.01. The third kappa shape index (κ3) is 17.4. The molecule has 22 heavy (non-hydrogen) atoms. The van der Waals surface area contributed by atoms with E-state index < -0.39 is 0 Å². The molecule has 0 radical (unpaired) electrons. The molecule has 0 rings (SSSR count). The van der Waals surface area contributed by atoms with Gasteiger partial charge in [-0.2, -0.15) is 0 Å². The van der Waals surface area contributed by atoms with Crippen molar-refractivity contribution in [1.82, 2.24) is 10.6 Å². The van der Waals surface area contributed by atoms with Gasteiger partial charge in [0.25, 0.3) is 0 Å². The van der Waals surface area contributed by atoms with Crippen LogP contribution in [-0.2, 0) is 19.0 Å². The van der Waals surface area contributed by atoms with Crippen LogP contribution >= 0.6 is 0 Å². The van der Waals surface area contributed by atoms with Crippen LogP contribution in [0.4, 0.5) is 0 Å². The summed E-state index contributed by atoms with van der Waals surface area (Å²) >= 11 is 0. The molecule has 6 nitrogen and oxygen atoms in total. The minimum Gasteiger partial charge on any atom is -0.379 e. The summed E-state index contributed by atoms with van der Waals surface area (Å²) in [5.41, 5.74) is 0. The van der Waals surface area contributed by atoms with Gasteiger partial charge in [0, 0.05) is 19.2 Å². The summed E-state index contributed by atoms with van der Waals surface area (Å²) in [6.07, 6.45) is 1.08. The maximum atomic E-state index is 11.4. The second kappa shape index (κ2) is 15.2. The van der Waals surface area contributed by atoms with Gasteiger partial charge in [0.05, 0.1) is 39.6 Å². The highest BCUT2D eigenvalue weighted by molar-refractivity contribution is 5.77. The van der Waals surface area contributed by atoms with Crippen LogP contribution in [0.3, 0.4) is 0 Å². The second-order valence-corrected chi connectivity index (χ2v) is 5.91. The topological polar surface area (TPSA) is 68.8 Å². The van der Waals surface area contributed by atoms with Gasteiger partial charge in [-0.1, -0.05) is 27.7 Å². The third-order valence-corrected chi connectivity index (χ3v) is 2.82. The van der Waals surface area contributed by atoms with Gasteiger partial charge in [-0.05, 0) is 12.3 Å². The summed E-state index contributed by atoms with van der Waals surface area (Å²) in [5, 5.41) is 5.84. The quantitative estimate of drug-likeness (QED) is 0.444. The Hall–Kier alpha value is -0.690. The maximum absolute atomic E-state index is 11.4. The van der Waals surface area contributed by atoms with E-state index in [4.69, 9.17) is 14.2 Å². The van der Waals surface area contributed by atoms with Crippen molar-refractivity contribution in [2.24, 2.45) is 5.92 Å². The predicted octanol–water partition coefficient (Wildman–Crippen LogP) is 1.20. The maximum Gasteiger partial charge on any atom is 0.234 e. The Morgan fingerprint density at radius 1 is 0.864 bits per heavy atom. The highest BCUT2D eigenvalue weighted by Crippen LogP contribution is 1.98. The Balaban J connectivity index is 3.12. The van der Waals surface area contributed by atoms with Crippen LogP contribution in [0, 0.1) is 5.92 Å². The summed E-state index contributed by atoms with van der Waals surface area (Å²) in [4.78, 5) is 11.4. The Bertz CT molecular complexity index is 261. The molecule has 0 aliphatic rings. The number of hydrogen-bond acceptors (Lipinski definition) is 5. The molecule has 0 bridgehead atoms. The summed E-state index contributed by atoms with van der Waals surface area (Å²) in [6.45, 7) is 12.9. The van der Waals surface area contributed by atoms with Crippen LogP contribution in [0.1, 0.15) is 34.1 Å². The fourth-order valence-electron chi connectivity index (χ4n) is 1.48. The third-order valence-electron chi connectivity index (χ3n) is 2.82. The number of nitrogens with one attached hydrogen (secondary N) is 2.